The maximum atomic E-state index is 12.4. The first kappa shape index (κ1) is 18.8. The lowest BCUT2D eigenvalue weighted by molar-refractivity contribution is -0.136. The average molecular weight is 326 g/mol. The van der Waals surface area contributed by atoms with Crippen LogP contribution in [0.1, 0.15) is 32.3 Å². The molecule has 0 aliphatic carbocycles. The number of carbonyl (C=O) groups is 1. The van der Waals surface area contributed by atoms with Gasteiger partial charge in [0.05, 0.1) is 0 Å². The minimum Gasteiger partial charge on any atom is -0.399 e. The molecule has 0 saturated carbocycles. The molecule has 124 valence electrons. The third kappa shape index (κ3) is 4.89. The fourth-order valence-electron chi connectivity index (χ4n) is 3.08. The standard InChI is InChI=1S/C17H27N3O.ClH/c1-3-20(4-2)17(21)15-8-10-19(11-9-15)13-14-6-5-7-16(18)12-14;/h5-7,12,15H,3-4,8-11,13,18H2,1-2H3;1H. The van der Waals surface area contributed by atoms with E-state index in [0.29, 0.717) is 5.91 Å². The second kappa shape index (κ2) is 9.01. The highest BCUT2D eigenvalue weighted by Gasteiger charge is 2.27. The molecular formula is C17H28ClN3O. The summed E-state index contributed by atoms with van der Waals surface area (Å²) in [6.07, 6.45) is 1.94. The van der Waals surface area contributed by atoms with Gasteiger partial charge in [-0.1, -0.05) is 12.1 Å². The summed E-state index contributed by atoms with van der Waals surface area (Å²) in [6, 6.07) is 8.07. The van der Waals surface area contributed by atoms with Crippen LogP contribution < -0.4 is 5.73 Å². The molecule has 4 nitrogen and oxygen atoms in total. The third-order valence-corrected chi connectivity index (χ3v) is 4.37. The second-order valence-corrected chi connectivity index (χ2v) is 5.81. The van der Waals surface area contributed by atoms with E-state index in [9.17, 15) is 4.79 Å². The van der Waals surface area contributed by atoms with Crippen molar-refractivity contribution in [3.05, 3.63) is 29.8 Å². The monoisotopic (exact) mass is 325 g/mol. The molecule has 1 aromatic rings. The van der Waals surface area contributed by atoms with Crippen molar-refractivity contribution in [1.29, 1.82) is 0 Å². The molecule has 0 spiro atoms. The molecule has 1 aliphatic rings. The number of rotatable bonds is 5. The molecule has 2 rings (SSSR count). The number of carbonyl (C=O) groups excluding carboxylic acids is 1. The predicted molar refractivity (Wildman–Crippen MR) is 94.0 cm³/mol. The van der Waals surface area contributed by atoms with Gasteiger partial charge in [-0.3, -0.25) is 9.69 Å². The summed E-state index contributed by atoms with van der Waals surface area (Å²) in [7, 11) is 0. The summed E-state index contributed by atoms with van der Waals surface area (Å²) in [5.74, 6) is 0.547. The van der Waals surface area contributed by atoms with Crippen LogP contribution in [0, 0.1) is 5.92 Å². The number of halogens is 1. The molecule has 0 atom stereocenters. The van der Waals surface area contributed by atoms with Crippen molar-refractivity contribution in [2.24, 2.45) is 5.92 Å². The average Bonchev–Trinajstić information content (AvgIpc) is 2.49. The Hall–Kier alpha value is -1.26. The minimum atomic E-state index is 0. The number of nitrogens with zero attached hydrogens (tertiary/aromatic N) is 2. The van der Waals surface area contributed by atoms with Crippen LogP contribution in [0.4, 0.5) is 5.69 Å². The first-order valence-electron chi connectivity index (χ1n) is 7.99. The summed E-state index contributed by atoms with van der Waals surface area (Å²) in [5.41, 5.74) is 7.89. The number of likely N-dealkylation sites (tertiary alicyclic amines) is 1. The first-order chi connectivity index (χ1) is 10.1. The molecule has 1 fully saturated rings. The summed E-state index contributed by atoms with van der Waals surface area (Å²) in [6.45, 7) is 8.65. The van der Waals surface area contributed by atoms with Crippen LogP contribution in [0.5, 0.6) is 0 Å². The van der Waals surface area contributed by atoms with E-state index in [-0.39, 0.29) is 18.3 Å². The molecule has 1 heterocycles. The van der Waals surface area contributed by atoms with Crippen LogP contribution in [0.25, 0.3) is 0 Å². The Balaban J connectivity index is 0.00000242. The lowest BCUT2D eigenvalue weighted by atomic mass is 9.95. The van der Waals surface area contributed by atoms with Crippen LogP contribution in [-0.4, -0.2) is 41.9 Å². The Kier molecular flexibility index (Phi) is 7.69. The Labute approximate surface area is 140 Å². The summed E-state index contributed by atoms with van der Waals surface area (Å²) in [4.78, 5) is 16.7. The number of amides is 1. The van der Waals surface area contributed by atoms with Crippen molar-refractivity contribution >= 4 is 24.0 Å². The summed E-state index contributed by atoms with van der Waals surface area (Å²) >= 11 is 0. The van der Waals surface area contributed by atoms with Crippen molar-refractivity contribution in [3.63, 3.8) is 0 Å². The summed E-state index contributed by atoms with van der Waals surface area (Å²) in [5, 5.41) is 0. The molecule has 0 bridgehead atoms. The minimum absolute atomic E-state index is 0. The Morgan fingerprint density at radius 2 is 1.91 bits per heavy atom. The van der Waals surface area contributed by atoms with E-state index < -0.39 is 0 Å². The van der Waals surface area contributed by atoms with Gasteiger partial charge in [-0.25, -0.2) is 0 Å². The zero-order valence-corrected chi connectivity index (χ0v) is 14.4. The molecule has 1 saturated heterocycles. The van der Waals surface area contributed by atoms with Crippen LogP contribution in [-0.2, 0) is 11.3 Å². The lowest BCUT2D eigenvalue weighted by Crippen LogP contribution is -2.42. The predicted octanol–water partition coefficient (Wildman–Crippen LogP) is 2.77. The van der Waals surface area contributed by atoms with Gasteiger partial charge in [0.1, 0.15) is 0 Å². The zero-order valence-electron chi connectivity index (χ0n) is 13.6. The van der Waals surface area contributed by atoms with Crippen molar-refractivity contribution < 1.29 is 4.79 Å². The number of piperidine rings is 1. The Morgan fingerprint density at radius 3 is 2.45 bits per heavy atom. The van der Waals surface area contributed by atoms with Gasteiger partial charge in [0.25, 0.3) is 0 Å². The molecule has 1 amide bonds. The van der Waals surface area contributed by atoms with Crippen molar-refractivity contribution in [3.8, 4) is 0 Å². The second-order valence-electron chi connectivity index (χ2n) is 5.81. The fraction of sp³-hybridized carbons (Fsp3) is 0.588. The van der Waals surface area contributed by atoms with E-state index >= 15 is 0 Å². The molecular weight excluding hydrogens is 298 g/mol. The number of nitrogens with two attached hydrogens (primary N) is 1. The largest absolute Gasteiger partial charge is 0.399 e. The maximum absolute atomic E-state index is 12.4. The topological polar surface area (TPSA) is 49.6 Å². The van der Waals surface area contributed by atoms with Gasteiger partial charge in [0.15, 0.2) is 0 Å². The van der Waals surface area contributed by atoms with Crippen LogP contribution in [0.2, 0.25) is 0 Å². The van der Waals surface area contributed by atoms with Crippen LogP contribution in [0.3, 0.4) is 0 Å². The Bertz CT molecular complexity index is 469. The number of hydrogen-bond donors (Lipinski definition) is 1. The SMILES string of the molecule is CCN(CC)C(=O)C1CCN(Cc2cccc(N)c2)CC1.Cl. The van der Waals surface area contributed by atoms with E-state index in [2.05, 4.69) is 24.8 Å². The molecule has 2 N–H and O–H groups in total. The number of hydrogen-bond acceptors (Lipinski definition) is 3. The van der Waals surface area contributed by atoms with Gasteiger partial charge in [-0.05, 0) is 57.5 Å². The van der Waals surface area contributed by atoms with Gasteiger partial charge in [0.2, 0.25) is 5.91 Å². The highest BCUT2D eigenvalue weighted by atomic mass is 35.5. The molecule has 1 aromatic carbocycles. The van der Waals surface area contributed by atoms with E-state index in [1.165, 1.54) is 5.56 Å². The molecule has 0 aromatic heterocycles. The third-order valence-electron chi connectivity index (χ3n) is 4.37. The van der Waals surface area contributed by atoms with E-state index in [0.717, 1.165) is 51.3 Å². The highest BCUT2D eigenvalue weighted by Crippen LogP contribution is 2.21. The van der Waals surface area contributed by atoms with Crippen LogP contribution in [0.15, 0.2) is 24.3 Å². The van der Waals surface area contributed by atoms with Crippen molar-refractivity contribution in [2.75, 3.05) is 31.9 Å². The smallest absolute Gasteiger partial charge is 0.225 e. The zero-order chi connectivity index (χ0) is 15.2. The van der Waals surface area contributed by atoms with Crippen LogP contribution >= 0.6 is 12.4 Å². The van der Waals surface area contributed by atoms with E-state index in [1.807, 2.05) is 23.1 Å². The molecule has 5 heteroatoms. The summed E-state index contributed by atoms with van der Waals surface area (Å²) < 4.78 is 0. The molecule has 22 heavy (non-hydrogen) atoms. The van der Waals surface area contributed by atoms with Gasteiger partial charge >= 0.3 is 0 Å². The highest BCUT2D eigenvalue weighted by molar-refractivity contribution is 5.85. The van der Waals surface area contributed by atoms with Gasteiger partial charge in [-0.15, -0.1) is 12.4 Å². The van der Waals surface area contributed by atoms with E-state index in [4.69, 9.17) is 5.73 Å². The lowest BCUT2D eigenvalue weighted by Gasteiger charge is -2.33. The first-order valence-corrected chi connectivity index (χ1v) is 7.99. The van der Waals surface area contributed by atoms with Crippen molar-refractivity contribution in [1.82, 2.24) is 9.80 Å². The normalized spacial score (nSPS) is 16.1. The number of benzene rings is 1. The van der Waals surface area contributed by atoms with Crippen molar-refractivity contribution in [2.45, 2.75) is 33.2 Å². The molecule has 0 unspecified atom stereocenters. The number of nitrogen functional groups attached to an aromatic ring is 1. The van der Waals surface area contributed by atoms with Gasteiger partial charge < -0.3 is 10.6 Å². The quantitative estimate of drug-likeness (QED) is 0.847. The molecule has 1 aliphatic heterocycles. The van der Waals surface area contributed by atoms with Gasteiger partial charge in [0, 0.05) is 31.2 Å². The maximum Gasteiger partial charge on any atom is 0.225 e. The van der Waals surface area contributed by atoms with E-state index in [1.54, 1.807) is 0 Å². The Morgan fingerprint density at radius 1 is 1.27 bits per heavy atom. The fourth-order valence-corrected chi connectivity index (χ4v) is 3.08. The van der Waals surface area contributed by atoms with Gasteiger partial charge in [-0.2, -0.15) is 0 Å². The molecule has 0 radical (unpaired) electrons. The number of anilines is 1.